The predicted molar refractivity (Wildman–Crippen MR) is 67.8 cm³/mol. The molecule has 4 N–H and O–H groups in total. The molecule has 1 aliphatic carbocycles. The van der Waals surface area contributed by atoms with Gasteiger partial charge in [0, 0.05) is 12.2 Å². The molecule has 2 heterocycles. The zero-order valence-corrected chi connectivity index (χ0v) is 9.90. The van der Waals surface area contributed by atoms with Crippen LogP contribution in [0.15, 0.2) is 12.5 Å². The molecule has 2 unspecified atom stereocenters. The van der Waals surface area contributed by atoms with E-state index >= 15 is 0 Å². The van der Waals surface area contributed by atoms with Gasteiger partial charge in [0.25, 0.3) is 0 Å². The van der Waals surface area contributed by atoms with Gasteiger partial charge < -0.3 is 16.0 Å². The van der Waals surface area contributed by atoms with E-state index in [9.17, 15) is 0 Å². The number of rotatable bonds is 4. The minimum Gasteiger partial charge on any atom is -0.366 e. The maximum absolute atomic E-state index is 5.65. The molecule has 2 aromatic heterocycles. The van der Waals surface area contributed by atoms with Crippen LogP contribution in [-0.4, -0.2) is 27.5 Å². The van der Waals surface area contributed by atoms with E-state index in [1.165, 1.54) is 5.56 Å². The zero-order chi connectivity index (χ0) is 11.8. The highest BCUT2D eigenvalue weighted by Crippen LogP contribution is 2.34. The van der Waals surface area contributed by atoms with E-state index in [0.717, 1.165) is 36.2 Å². The third-order valence-corrected chi connectivity index (χ3v) is 3.48. The molecule has 2 aromatic rings. The molecular formula is C12H17N5. The van der Waals surface area contributed by atoms with Crippen molar-refractivity contribution in [3.63, 3.8) is 0 Å². The lowest BCUT2D eigenvalue weighted by Gasteiger charge is -2.06. The Balaban J connectivity index is 1.95. The van der Waals surface area contributed by atoms with E-state index in [4.69, 9.17) is 5.73 Å². The number of hydrogen-bond donors (Lipinski definition) is 3. The number of hydrogen-bond acceptors (Lipinski definition) is 4. The van der Waals surface area contributed by atoms with E-state index in [0.29, 0.717) is 12.0 Å². The number of fused-ring (bicyclic) bond motifs is 1. The van der Waals surface area contributed by atoms with Crippen LogP contribution in [0.1, 0.15) is 18.9 Å². The Labute approximate surface area is 99.8 Å². The van der Waals surface area contributed by atoms with Gasteiger partial charge in [-0.2, -0.15) is 0 Å². The summed E-state index contributed by atoms with van der Waals surface area (Å²) in [7, 11) is 0. The monoisotopic (exact) mass is 231 g/mol. The molecule has 0 aromatic carbocycles. The van der Waals surface area contributed by atoms with Crippen molar-refractivity contribution in [1.82, 2.24) is 15.0 Å². The Morgan fingerprint density at radius 3 is 3.12 bits per heavy atom. The molecule has 2 atom stereocenters. The van der Waals surface area contributed by atoms with Gasteiger partial charge in [-0.1, -0.05) is 6.92 Å². The summed E-state index contributed by atoms with van der Waals surface area (Å²) < 4.78 is 0. The van der Waals surface area contributed by atoms with Crippen LogP contribution in [0.25, 0.3) is 11.0 Å². The highest BCUT2D eigenvalue weighted by atomic mass is 15.1. The summed E-state index contributed by atoms with van der Waals surface area (Å²) in [6.45, 7) is 2.89. The van der Waals surface area contributed by atoms with Crippen molar-refractivity contribution >= 4 is 16.9 Å². The number of nitrogens with one attached hydrogen (secondary N) is 2. The first-order valence-corrected chi connectivity index (χ1v) is 6.11. The summed E-state index contributed by atoms with van der Waals surface area (Å²) in [5.74, 6) is 1.54. The van der Waals surface area contributed by atoms with Crippen molar-refractivity contribution in [2.75, 3.05) is 11.9 Å². The standard InChI is InChI=1S/C12H17N5/c1-2-7-5-14-11-10(7)12(16-6-15-11)17-9-3-8(9)4-13/h5-6,8-9H,2-4,13H2,1H3,(H2,14,15,16,17). The van der Waals surface area contributed by atoms with E-state index in [1.54, 1.807) is 6.33 Å². The van der Waals surface area contributed by atoms with E-state index in [2.05, 4.69) is 27.2 Å². The number of aromatic amines is 1. The summed E-state index contributed by atoms with van der Waals surface area (Å²) in [5.41, 5.74) is 7.81. The molecule has 3 rings (SSSR count). The lowest BCUT2D eigenvalue weighted by atomic mass is 10.2. The Bertz CT molecular complexity index is 533. The summed E-state index contributed by atoms with van der Waals surface area (Å²) in [4.78, 5) is 11.8. The first-order chi connectivity index (χ1) is 8.33. The van der Waals surface area contributed by atoms with Crippen molar-refractivity contribution in [3.05, 3.63) is 18.1 Å². The van der Waals surface area contributed by atoms with E-state index in [-0.39, 0.29) is 0 Å². The molecule has 5 nitrogen and oxygen atoms in total. The second-order valence-electron chi connectivity index (χ2n) is 4.60. The van der Waals surface area contributed by atoms with Gasteiger partial charge in [0.05, 0.1) is 5.39 Å². The predicted octanol–water partition coefficient (Wildman–Crippen LogP) is 1.28. The molecular weight excluding hydrogens is 214 g/mol. The summed E-state index contributed by atoms with van der Waals surface area (Å²) in [5, 5.41) is 4.59. The van der Waals surface area contributed by atoms with Crippen LogP contribution in [0.4, 0.5) is 5.82 Å². The van der Waals surface area contributed by atoms with Gasteiger partial charge in [-0.05, 0) is 30.9 Å². The van der Waals surface area contributed by atoms with Crippen molar-refractivity contribution in [2.45, 2.75) is 25.8 Å². The molecule has 0 saturated heterocycles. The topological polar surface area (TPSA) is 79.6 Å². The third kappa shape index (κ3) is 1.76. The fourth-order valence-corrected chi connectivity index (χ4v) is 2.28. The van der Waals surface area contributed by atoms with Crippen LogP contribution in [0.5, 0.6) is 0 Å². The molecule has 90 valence electrons. The quantitative estimate of drug-likeness (QED) is 0.740. The molecule has 0 spiro atoms. The van der Waals surface area contributed by atoms with E-state index in [1.807, 2.05) is 6.20 Å². The highest BCUT2D eigenvalue weighted by Gasteiger charge is 2.36. The molecule has 1 saturated carbocycles. The summed E-state index contributed by atoms with van der Waals surface area (Å²) in [6.07, 6.45) is 5.74. The number of nitrogens with zero attached hydrogens (tertiary/aromatic N) is 2. The lowest BCUT2D eigenvalue weighted by molar-refractivity contribution is 0.817. The smallest absolute Gasteiger partial charge is 0.143 e. The fourth-order valence-electron chi connectivity index (χ4n) is 2.28. The van der Waals surface area contributed by atoms with Crippen molar-refractivity contribution in [2.24, 2.45) is 11.7 Å². The molecule has 0 radical (unpaired) electrons. The molecule has 1 fully saturated rings. The Kier molecular flexibility index (Phi) is 2.48. The minimum absolute atomic E-state index is 0.484. The Hall–Kier alpha value is -1.62. The molecule has 0 amide bonds. The average molecular weight is 231 g/mol. The van der Waals surface area contributed by atoms with Gasteiger partial charge in [-0.3, -0.25) is 0 Å². The molecule has 0 aliphatic heterocycles. The van der Waals surface area contributed by atoms with Crippen LogP contribution in [0.2, 0.25) is 0 Å². The van der Waals surface area contributed by atoms with Crippen LogP contribution in [-0.2, 0) is 6.42 Å². The van der Waals surface area contributed by atoms with Gasteiger partial charge in [0.1, 0.15) is 17.8 Å². The van der Waals surface area contributed by atoms with Crippen molar-refractivity contribution in [3.8, 4) is 0 Å². The first kappa shape index (κ1) is 10.5. The largest absolute Gasteiger partial charge is 0.366 e. The van der Waals surface area contributed by atoms with Crippen LogP contribution >= 0.6 is 0 Å². The normalized spacial score (nSPS) is 22.9. The minimum atomic E-state index is 0.484. The second kappa shape index (κ2) is 4.00. The first-order valence-electron chi connectivity index (χ1n) is 6.11. The zero-order valence-electron chi connectivity index (χ0n) is 9.90. The van der Waals surface area contributed by atoms with Gasteiger partial charge in [0.15, 0.2) is 0 Å². The number of nitrogens with two attached hydrogens (primary N) is 1. The second-order valence-corrected chi connectivity index (χ2v) is 4.60. The Morgan fingerprint density at radius 2 is 2.41 bits per heavy atom. The molecule has 5 heteroatoms. The maximum atomic E-state index is 5.65. The Morgan fingerprint density at radius 1 is 1.53 bits per heavy atom. The van der Waals surface area contributed by atoms with Crippen molar-refractivity contribution < 1.29 is 0 Å². The van der Waals surface area contributed by atoms with E-state index < -0.39 is 0 Å². The third-order valence-electron chi connectivity index (χ3n) is 3.48. The summed E-state index contributed by atoms with van der Waals surface area (Å²) >= 11 is 0. The van der Waals surface area contributed by atoms with Crippen LogP contribution in [0.3, 0.4) is 0 Å². The number of anilines is 1. The summed E-state index contributed by atoms with van der Waals surface area (Å²) in [6, 6.07) is 0.484. The van der Waals surface area contributed by atoms with Gasteiger partial charge >= 0.3 is 0 Å². The van der Waals surface area contributed by atoms with Gasteiger partial charge in [-0.15, -0.1) is 0 Å². The fraction of sp³-hybridized carbons (Fsp3) is 0.500. The van der Waals surface area contributed by atoms with Crippen LogP contribution in [0, 0.1) is 5.92 Å². The maximum Gasteiger partial charge on any atom is 0.143 e. The molecule has 1 aliphatic rings. The average Bonchev–Trinajstić information content (AvgIpc) is 2.97. The SMILES string of the molecule is CCc1c[nH]c2ncnc(NC3CC3CN)c12. The van der Waals surface area contributed by atoms with Gasteiger partial charge in [0.2, 0.25) is 0 Å². The number of H-pyrrole nitrogens is 1. The van der Waals surface area contributed by atoms with Crippen LogP contribution < -0.4 is 11.1 Å². The highest BCUT2D eigenvalue weighted by molar-refractivity contribution is 5.90. The molecule has 17 heavy (non-hydrogen) atoms. The van der Waals surface area contributed by atoms with Gasteiger partial charge in [-0.25, -0.2) is 9.97 Å². The molecule has 0 bridgehead atoms. The lowest BCUT2D eigenvalue weighted by Crippen LogP contribution is -2.12. The van der Waals surface area contributed by atoms with Crippen molar-refractivity contribution in [1.29, 1.82) is 0 Å². The number of aromatic nitrogens is 3. The number of aryl methyl sites for hydroxylation is 1.